The van der Waals surface area contributed by atoms with Gasteiger partial charge in [0.15, 0.2) is 5.95 Å². The number of amides is 2. The largest absolute Gasteiger partial charge is 0.508 e. The number of benzene rings is 2. The first kappa shape index (κ1) is 52.4. The highest BCUT2D eigenvalue weighted by Crippen LogP contribution is 2.41. The fourth-order valence-electron chi connectivity index (χ4n) is 8.92. The molecular formula is C46H63N9O7S3. The number of rotatable bonds is 9. The van der Waals surface area contributed by atoms with Gasteiger partial charge in [0, 0.05) is 67.9 Å². The lowest BCUT2D eigenvalue weighted by atomic mass is 9.84. The van der Waals surface area contributed by atoms with E-state index in [1.165, 1.54) is 16.1 Å². The minimum absolute atomic E-state index is 0. The second-order valence-corrected chi connectivity index (χ2v) is 17.5. The number of esters is 1. The Bertz CT molecular complexity index is 2570. The molecule has 1 saturated heterocycles. The highest BCUT2D eigenvalue weighted by Gasteiger charge is 2.37. The Hall–Kier alpha value is -5.21. The molecule has 19 heteroatoms. The molecule has 5 aromatic rings. The van der Waals surface area contributed by atoms with Crippen molar-refractivity contribution < 1.29 is 29.0 Å². The highest BCUT2D eigenvalue weighted by atomic mass is 32.1. The summed E-state index contributed by atoms with van der Waals surface area (Å²) in [5.41, 5.74) is 15.1. The lowest BCUT2D eigenvalue weighted by molar-refractivity contribution is -0.155. The summed E-state index contributed by atoms with van der Waals surface area (Å²) in [5.74, 6) is -1.84. The molecule has 2 aliphatic rings. The van der Waals surface area contributed by atoms with Crippen LogP contribution in [0, 0.1) is 11.3 Å². The number of hydrogen-bond donors (Lipinski definition) is 5. The van der Waals surface area contributed by atoms with Crippen molar-refractivity contribution in [1.82, 2.24) is 35.3 Å². The first-order valence-corrected chi connectivity index (χ1v) is 21.1. The number of aromatic hydroxyl groups is 1. The van der Waals surface area contributed by atoms with Gasteiger partial charge in [-0.15, -0.1) is 0 Å². The number of hydrazine groups is 1. The van der Waals surface area contributed by atoms with Crippen molar-refractivity contribution in [2.24, 2.45) is 11.3 Å². The molecule has 3 aromatic heterocycles. The number of nitrogens with two attached hydrogens (primary N) is 1. The van der Waals surface area contributed by atoms with Gasteiger partial charge in [0.05, 0.1) is 25.1 Å². The summed E-state index contributed by atoms with van der Waals surface area (Å²) in [6.07, 6.45) is 6.45. The number of aromatic nitrogens is 4. The molecule has 0 saturated carbocycles. The van der Waals surface area contributed by atoms with Crippen LogP contribution in [-0.2, 0) is 49.9 Å². The third-order valence-electron chi connectivity index (χ3n) is 11.8. The molecule has 16 nitrogen and oxygen atoms in total. The number of fused-ring (bicyclic) bond motifs is 6. The number of nitrogens with one attached hydrogen (secondary N) is 3. The molecule has 0 aliphatic carbocycles. The molecule has 352 valence electrons. The van der Waals surface area contributed by atoms with Crippen LogP contribution in [0.4, 0.5) is 11.6 Å². The van der Waals surface area contributed by atoms with E-state index in [0.717, 1.165) is 44.4 Å². The van der Waals surface area contributed by atoms with Crippen molar-refractivity contribution in [1.29, 1.82) is 0 Å². The van der Waals surface area contributed by atoms with Crippen LogP contribution in [-0.4, -0.2) is 92.9 Å². The van der Waals surface area contributed by atoms with Gasteiger partial charge in [-0.2, -0.15) is 40.5 Å². The molecule has 2 aromatic carbocycles. The predicted octanol–water partition coefficient (Wildman–Crippen LogP) is 5.06. The van der Waals surface area contributed by atoms with E-state index in [2.05, 4.69) is 63.2 Å². The number of aryl methyl sites for hydroxylation is 1. The Labute approximate surface area is 400 Å². The third-order valence-corrected chi connectivity index (χ3v) is 11.8. The molecule has 0 spiro atoms. The topological polar surface area (TPSA) is 210 Å². The minimum Gasteiger partial charge on any atom is -0.508 e. The SMILES string of the molecule is CCn1c(-c2cnccc2COC)c2c3cc(ccc31)-c1cc(O)cc(c1)C[C@H](NC(=O)[C@H](C(C)C)N(C)c1cnc(N)[nH]c1=O)C(=O)N1CCC[C@H](N1)C(=O)OCC(C)(C)C2.S.S.S. The maximum Gasteiger partial charge on any atom is 0.324 e. The second-order valence-electron chi connectivity index (χ2n) is 17.5. The van der Waals surface area contributed by atoms with E-state index in [0.29, 0.717) is 38.0 Å². The Morgan fingerprint density at radius 3 is 2.54 bits per heavy atom. The van der Waals surface area contributed by atoms with E-state index in [9.17, 15) is 24.3 Å². The zero-order chi connectivity index (χ0) is 44.5. The number of nitrogens with zero attached hydrogens (tertiary/aromatic N) is 5. The summed E-state index contributed by atoms with van der Waals surface area (Å²) >= 11 is 0. The van der Waals surface area contributed by atoms with E-state index in [1.54, 1.807) is 32.5 Å². The van der Waals surface area contributed by atoms with Crippen LogP contribution < -0.4 is 26.9 Å². The number of phenolic OH excluding ortho intramolecular Hbond substituents is 1. The van der Waals surface area contributed by atoms with Gasteiger partial charge < -0.3 is 35.1 Å². The van der Waals surface area contributed by atoms with Gasteiger partial charge in [-0.1, -0.05) is 39.8 Å². The summed E-state index contributed by atoms with van der Waals surface area (Å²) in [6, 6.07) is 10.5. The number of methoxy groups -OCH3 is 1. The number of pyridine rings is 1. The normalized spacial score (nSPS) is 17.8. The Morgan fingerprint density at radius 1 is 1.09 bits per heavy atom. The molecule has 2 amide bonds. The van der Waals surface area contributed by atoms with Crippen LogP contribution in [0.2, 0.25) is 0 Å². The number of aromatic amines is 1. The first-order chi connectivity index (χ1) is 29.6. The number of cyclic esters (lactones) is 1. The molecule has 6 bridgehead atoms. The van der Waals surface area contributed by atoms with Crippen molar-refractivity contribution in [2.45, 2.75) is 91.6 Å². The molecule has 0 radical (unpaired) electrons. The quantitative estimate of drug-likeness (QED) is 0.123. The second kappa shape index (κ2) is 21.9. The standard InChI is InChI=1S/C46H57N9O7.3H2S/c1-8-54-37-12-11-28-20-32(37)33(40(54)34-22-48-14-13-29(34)24-61-7)21-46(4,5)25-62-44(60)35-10-9-15-55(52-35)43(59)36(18-27-16-30(28)19-31(56)17-27)50-42(58)39(26(2)3)53(6)38-23-49-45(47)51-41(38)57;;;/h11-14,16-17,19-20,22-23,26,35-36,39,52,56H,8-10,15,18,21,24-25H2,1-7H3,(H,50,58)(H3,47,49,51,57);3*1H2/t35-,36-,39-;;;/m0.../s1. The number of carbonyl (C=O) groups is 3. The fraction of sp³-hybridized carbons (Fsp3) is 0.435. The molecule has 1 fully saturated rings. The molecule has 3 atom stereocenters. The van der Waals surface area contributed by atoms with Crippen LogP contribution >= 0.6 is 40.5 Å². The van der Waals surface area contributed by atoms with Crippen molar-refractivity contribution >= 4 is 80.8 Å². The molecule has 2 aliphatic heterocycles. The van der Waals surface area contributed by atoms with E-state index in [-0.39, 0.29) is 83.4 Å². The molecule has 65 heavy (non-hydrogen) atoms. The number of hydrogen-bond acceptors (Lipinski definition) is 12. The van der Waals surface area contributed by atoms with E-state index in [1.807, 2.05) is 38.2 Å². The lowest BCUT2D eigenvalue weighted by Gasteiger charge is -2.37. The summed E-state index contributed by atoms with van der Waals surface area (Å²) in [7, 11) is 3.28. The third kappa shape index (κ3) is 11.3. The number of nitrogen functional groups attached to an aromatic ring is 1. The fourth-order valence-corrected chi connectivity index (χ4v) is 8.92. The van der Waals surface area contributed by atoms with Gasteiger partial charge in [-0.25, -0.2) is 10.4 Å². The molecule has 6 N–H and O–H groups in total. The molecular weight excluding hydrogens is 887 g/mol. The Balaban J connectivity index is 0.00000308. The zero-order valence-electron chi connectivity index (χ0n) is 37.9. The van der Waals surface area contributed by atoms with Crippen molar-refractivity contribution in [3.05, 3.63) is 88.1 Å². The van der Waals surface area contributed by atoms with Gasteiger partial charge in [0.25, 0.3) is 11.5 Å². The molecule has 7 rings (SSSR count). The van der Waals surface area contributed by atoms with Crippen LogP contribution in [0.5, 0.6) is 5.75 Å². The van der Waals surface area contributed by atoms with Gasteiger partial charge >= 0.3 is 5.97 Å². The van der Waals surface area contributed by atoms with Gasteiger partial charge in [0.2, 0.25) is 5.91 Å². The number of anilines is 2. The summed E-state index contributed by atoms with van der Waals surface area (Å²) in [5, 5.41) is 16.6. The first-order valence-electron chi connectivity index (χ1n) is 21.1. The average Bonchev–Trinajstić information content (AvgIpc) is 3.53. The van der Waals surface area contributed by atoms with Crippen molar-refractivity contribution in [3.8, 4) is 28.1 Å². The smallest absolute Gasteiger partial charge is 0.324 e. The van der Waals surface area contributed by atoms with Gasteiger partial charge in [-0.05, 0) is 90.3 Å². The maximum atomic E-state index is 14.6. The van der Waals surface area contributed by atoms with Crippen LogP contribution in [0.1, 0.15) is 64.2 Å². The van der Waals surface area contributed by atoms with E-state index in [4.69, 9.17) is 15.2 Å². The summed E-state index contributed by atoms with van der Waals surface area (Å²) in [6.45, 7) is 11.4. The van der Waals surface area contributed by atoms with E-state index >= 15 is 0 Å². The number of phenols is 1. The summed E-state index contributed by atoms with van der Waals surface area (Å²) < 4.78 is 14.0. The Morgan fingerprint density at radius 2 is 1.85 bits per heavy atom. The van der Waals surface area contributed by atoms with Gasteiger partial charge in [-0.3, -0.25) is 34.2 Å². The molecule has 5 heterocycles. The highest BCUT2D eigenvalue weighted by molar-refractivity contribution is 7.59. The average molecular weight is 950 g/mol. The maximum absolute atomic E-state index is 14.6. The predicted molar refractivity (Wildman–Crippen MR) is 268 cm³/mol. The Kier molecular flexibility index (Phi) is 17.6. The van der Waals surface area contributed by atoms with Crippen molar-refractivity contribution in [3.63, 3.8) is 0 Å². The van der Waals surface area contributed by atoms with Crippen molar-refractivity contribution in [2.75, 3.05) is 37.9 Å². The van der Waals surface area contributed by atoms with Crippen LogP contribution in [0.25, 0.3) is 33.3 Å². The van der Waals surface area contributed by atoms with E-state index < -0.39 is 46.9 Å². The lowest BCUT2D eigenvalue weighted by Crippen LogP contribution is -2.62. The summed E-state index contributed by atoms with van der Waals surface area (Å²) in [4.78, 5) is 68.3. The number of ether oxygens (including phenoxy) is 2. The number of H-pyrrole nitrogens is 1. The van der Waals surface area contributed by atoms with Crippen LogP contribution in [0.3, 0.4) is 0 Å². The molecule has 0 unspecified atom stereocenters. The monoisotopic (exact) mass is 949 g/mol. The van der Waals surface area contributed by atoms with Gasteiger partial charge in [0.1, 0.15) is 29.6 Å². The number of carbonyl (C=O) groups excluding carboxylic acids is 3. The minimum atomic E-state index is -1.15. The zero-order valence-corrected chi connectivity index (χ0v) is 40.9. The number of likely N-dealkylation sites (N-methyl/N-ethyl adjacent to an activating group) is 1. The van der Waals surface area contributed by atoms with Crippen LogP contribution in [0.15, 0.2) is 65.8 Å².